The second-order valence-electron chi connectivity index (χ2n) is 4.01. The van der Waals surface area contributed by atoms with Gasteiger partial charge in [0.2, 0.25) is 0 Å². The van der Waals surface area contributed by atoms with E-state index in [1.807, 2.05) is 0 Å². The topological polar surface area (TPSA) is 46.2 Å². The zero-order valence-electron chi connectivity index (χ0n) is 9.13. The summed E-state index contributed by atoms with van der Waals surface area (Å²) in [5.41, 5.74) is 5.55. The van der Waals surface area contributed by atoms with Crippen LogP contribution < -0.4 is 5.73 Å². The van der Waals surface area contributed by atoms with E-state index in [-0.39, 0.29) is 6.61 Å². The lowest BCUT2D eigenvalue weighted by Gasteiger charge is -2.33. The molecule has 0 aromatic heterocycles. The number of nitrogens with zero attached hydrogens (tertiary/aromatic N) is 1. The minimum absolute atomic E-state index is 0.266. The standard InChI is InChI=1S/C10H25N2O/c1-3-4-5-7-12(2,8-6-11)9-10-13/h13H,3-11H2,1-2H3/q+1. The van der Waals surface area contributed by atoms with E-state index in [9.17, 15) is 0 Å². The monoisotopic (exact) mass is 189 g/mol. The smallest absolute Gasteiger partial charge is 0.102 e. The molecule has 0 amide bonds. The number of quaternary nitrogens is 1. The van der Waals surface area contributed by atoms with Crippen LogP contribution >= 0.6 is 0 Å². The highest BCUT2D eigenvalue weighted by Gasteiger charge is 2.18. The van der Waals surface area contributed by atoms with Crippen LogP contribution in [0.3, 0.4) is 0 Å². The van der Waals surface area contributed by atoms with Gasteiger partial charge in [0.15, 0.2) is 0 Å². The first-order valence-corrected chi connectivity index (χ1v) is 5.33. The van der Waals surface area contributed by atoms with E-state index in [0.29, 0.717) is 6.54 Å². The molecule has 0 spiro atoms. The van der Waals surface area contributed by atoms with Crippen molar-refractivity contribution in [3.8, 4) is 0 Å². The number of hydrogen-bond donors (Lipinski definition) is 2. The van der Waals surface area contributed by atoms with Gasteiger partial charge in [-0.2, -0.15) is 0 Å². The van der Waals surface area contributed by atoms with E-state index in [1.165, 1.54) is 19.3 Å². The van der Waals surface area contributed by atoms with Crippen LogP contribution in [0.1, 0.15) is 26.2 Å². The Morgan fingerprint density at radius 1 is 1.15 bits per heavy atom. The summed E-state index contributed by atoms with van der Waals surface area (Å²) >= 11 is 0. The van der Waals surface area contributed by atoms with Crippen molar-refractivity contribution in [3.05, 3.63) is 0 Å². The van der Waals surface area contributed by atoms with Crippen molar-refractivity contribution in [2.45, 2.75) is 26.2 Å². The van der Waals surface area contributed by atoms with Crippen molar-refractivity contribution >= 4 is 0 Å². The van der Waals surface area contributed by atoms with E-state index in [4.69, 9.17) is 10.8 Å². The molecule has 0 saturated heterocycles. The van der Waals surface area contributed by atoms with Gasteiger partial charge in [-0.05, 0) is 12.8 Å². The van der Waals surface area contributed by atoms with Gasteiger partial charge in [-0.25, -0.2) is 0 Å². The molecule has 0 aliphatic rings. The molecular formula is C10H25N2O+. The fraction of sp³-hybridized carbons (Fsp3) is 1.00. The van der Waals surface area contributed by atoms with E-state index in [2.05, 4.69) is 14.0 Å². The molecule has 0 aliphatic carbocycles. The molecule has 80 valence electrons. The number of hydrogen-bond acceptors (Lipinski definition) is 2. The van der Waals surface area contributed by atoms with Crippen LogP contribution in [-0.2, 0) is 0 Å². The predicted octanol–water partition coefficient (Wildman–Crippen LogP) is 0.574. The van der Waals surface area contributed by atoms with Gasteiger partial charge in [-0.15, -0.1) is 0 Å². The van der Waals surface area contributed by atoms with Gasteiger partial charge in [0, 0.05) is 6.54 Å². The quantitative estimate of drug-likeness (QED) is 0.433. The largest absolute Gasteiger partial charge is 0.391 e. The maximum atomic E-state index is 8.93. The molecule has 0 aromatic carbocycles. The summed E-state index contributed by atoms with van der Waals surface area (Å²) in [5.74, 6) is 0. The van der Waals surface area contributed by atoms with E-state index >= 15 is 0 Å². The molecule has 1 unspecified atom stereocenters. The number of aliphatic hydroxyl groups is 1. The number of unbranched alkanes of at least 4 members (excludes halogenated alkanes) is 2. The third-order valence-electron chi connectivity index (χ3n) is 2.61. The van der Waals surface area contributed by atoms with Gasteiger partial charge in [-0.1, -0.05) is 13.3 Å². The molecule has 3 nitrogen and oxygen atoms in total. The van der Waals surface area contributed by atoms with Crippen LogP contribution in [-0.4, -0.2) is 49.4 Å². The Morgan fingerprint density at radius 3 is 2.31 bits per heavy atom. The first-order chi connectivity index (χ1) is 6.18. The molecule has 0 fully saturated rings. The van der Waals surface area contributed by atoms with Crippen LogP contribution in [0.5, 0.6) is 0 Å². The molecular weight excluding hydrogens is 164 g/mol. The van der Waals surface area contributed by atoms with Gasteiger partial charge in [0.05, 0.1) is 26.7 Å². The summed E-state index contributed by atoms with van der Waals surface area (Å²) < 4.78 is 0.924. The molecule has 0 saturated carbocycles. The maximum Gasteiger partial charge on any atom is 0.102 e. The number of likely N-dealkylation sites (N-methyl/N-ethyl adjacent to an activating group) is 1. The molecule has 0 heterocycles. The molecule has 0 aromatic rings. The number of nitrogens with two attached hydrogens (primary N) is 1. The van der Waals surface area contributed by atoms with Gasteiger partial charge < -0.3 is 15.3 Å². The first kappa shape index (κ1) is 12.9. The minimum Gasteiger partial charge on any atom is -0.391 e. The lowest BCUT2D eigenvalue weighted by Crippen LogP contribution is -2.49. The van der Waals surface area contributed by atoms with E-state index in [0.717, 1.165) is 24.1 Å². The molecule has 0 aliphatic heterocycles. The Morgan fingerprint density at radius 2 is 1.85 bits per heavy atom. The Labute approximate surface area is 82.1 Å². The van der Waals surface area contributed by atoms with Crippen LogP contribution in [0.4, 0.5) is 0 Å². The lowest BCUT2D eigenvalue weighted by atomic mass is 10.2. The highest BCUT2D eigenvalue weighted by molar-refractivity contribution is 4.43. The minimum atomic E-state index is 0.266. The summed E-state index contributed by atoms with van der Waals surface area (Å²) in [7, 11) is 2.18. The summed E-state index contributed by atoms with van der Waals surface area (Å²) in [6.07, 6.45) is 3.78. The number of aliphatic hydroxyl groups excluding tert-OH is 1. The molecule has 1 atom stereocenters. The second kappa shape index (κ2) is 7.30. The number of rotatable bonds is 8. The molecule has 0 radical (unpaired) electrons. The molecule has 3 N–H and O–H groups in total. The molecule has 0 bridgehead atoms. The van der Waals surface area contributed by atoms with Crippen molar-refractivity contribution in [1.82, 2.24) is 0 Å². The van der Waals surface area contributed by atoms with Crippen LogP contribution in [0.25, 0.3) is 0 Å². The fourth-order valence-electron chi connectivity index (χ4n) is 1.63. The summed E-state index contributed by atoms with van der Waals surface area (Å²) in [6, 6.07) is 0. The van der Waals surface area contributed by atoms with Crippen LogP contribution in [0.2, 0.25) is 0 Å². The van der Waals surface area contributed by atoms with Crippen molar-refractivity contribution in [2.24, 2.45) is 5.73 Å². The fourth-order valence-corrected chi connectivity index (χ4v) is 1.63. The lowest BCUT2D eigenvalue weighted by molar-refractivity contribution is -0.908. The third kappa shape index (κ3) is 6.02. The summed E-state index contributed by atoms with van der Waals surface area (Å²) in [6.45, 7) is 6.14. The third-order valence-corrected chi connectivity index (χ3v) is 2.61. The van der Waals surface area contributed by atoms with Crippen molar-refractivity contribution in [2.75, 3.05) is 39.8 Å². The van der Waals surface area contributed by atoms with Crippen molar-refractivity contribution < 1.29 is 9.59 Å². The Bertz CT molecular complexity index is 111. The highest BCUT2D eigenvalue weighted by atomic mass is 16.3. The van der Waals surface area contributed by atoms with Crippen LogP contribution in [0.15, 0.2) is 0 Å². The van der Waals surface area contributed by atoms with E-state index in [1.54, 1.807) is 0 Å². The van der Waals surface area contributed by atoms with Crippen molar-refractivity contribution in [1.29, 1.82) is 0 Å². The van der Waals surface area contributed by atoms with Gasteiger partial charge in [-0.3, -0.25) is 0 Å². The average Bonchev–Trinajstić information content (AvgIpc) is 2.05. The Balaban J connectivity index is 3.76. The molecule has 3 heteroatoms. The molecule has 13 heavy (non-hydrogen) atoms. The zero-order chi connectivity index (χ0) is 10.2. The second-order valence-corrected chi connectivity index (χ2v) is 4.01. The Kier molecular flexibility index (Phi) is 7.23. The SMILES string of the molecule is CCCCC[N+](C)(CCN)CCO. The maximum absolute atomic E-state index is 8.93. The highest BCUT2D eigenvalue weighted by Crippen LogP contribution is 2.05. The summed E-state index contributed by atoms with van der Waals surface area (Å²) in [4.78, 5) is 0. The van der Waals surface area contributed by atoms with Gasteiger partial charge >= 0.3 is 0 Å². The Hall–Kier alpha value is -0.120. The van der Waals surface area contributed by atoms with Gasteiger partial charge in [0.1, 0.15) is 6.54 Å². The van der Waals surface area contributed by atoms with E-state index < -0.39 is 0 Å². The normalized spacial score (nSPS) is 15.7. The van der Waals surface area contributed by atoms with Crippen LogP contribution in [0, 0.1) is 0 Å². The zero-order valence-corrected chi connectivity index (χ0v) is 9.13. The summed E-state index contributed by atoms with van der Waals surface area (Å²) in [5, 5.41) is 8.93. The predicted molar refractivity (Wildman–Crippen MR) is 56.5 cm³/mol. The first-order valence-electron chi connectivity index (χ1n) is 5.33. The molecule has 0 rings (SSSR count). The average molecular weight is 189 g/mol. The van der Waals surface area contributed by atoms with Gasteiger partial charge in [0.25, 0.3) is 0 Å². The van der Waals surface area contributed by atoms with Crippen molar-refractivity contribution in [3.63, 3.8) is 0 Å².